The van der Waals surface area contributed by atoms with E-state index < -0.39 is 6.03 Å². The van der Waals surface area contributed by atoms with E-state index in [0.29, 0.717) is 18.0 Å². The zero-order valence-electron chi connectivity index (χ0n) is 16.7. The van der Waals surface area contributed by atoms with Crippen molar-refractivity contribution in [2.24, 2.45) is 5.22 Å². The van der Waals surface area contributed by atoms with Crippen LogP contribution in [0.5, 0.6) is 5.75 Å². The summed E-state index contributed by atoms with van der Waals surface area (Å²) in [6.45, 7) is 6.39. The fourth-order valence-corrected chi connectivity index (χ4v) is 3.01. The Morgan fingerprint density at radius 1 is 1.10 bits per heavy atom. The highest BCUT2D eigenvalue weighted by atomic mass is 16.5. The monoisotopic (exact) mass is 390 g/mol. The van der Waals surface area contributed by atoms with Gasteiger partial charge in [-0.2, -0.15) is 5.53 Å². The standard InChI is InChI=1S/C22H23N5O2/c1-14-9-10-24-20(11-14)17-7-8-18(16(3)12-17)13-29-21-15(2)5-4-6-19(21)25-22(28)26-27-23/h4-12H,13H2,1-3H3,(H3,23,25,26,28)/p+1. The third kappa shape index (κ3) is 4.95. The van der Waals surface area contributed by atoms with E-state index in [4.69, 9.17) is 10.3 Å². The molecule has 148 valence electrons. The minimum atomic E-state index is -0.533. The summed E-state index contributed by atoms with van der Waals surface area (Å²) >= 11 is 0. The first kappa shape index (κ1) is 20.0. The number of aryl methyl sites for hydroxylation is 3. The van der Waals surface area contributed by atoms with E-state index in [1.807, 2.05) is 50.4 Å². The molecular weight excluding hydrogens is 366 g/mol. The molecule has 1 aromatic heterocycles. The SMILES string of the molecule is Cc1ccnc(-c2ccc(COc3c(C)cccc3NC(=O)NN=[NH2+])c(C)c2)c1. The molecule has 3 aromatic rings. The van der Waals surface area contributed by atoms with Crippen LogP contribution in [0.25, 0.3) is 11.3 Å². The normalized spacial score (nSPS) is 10.3. The maximum absolute atomic E-state index is 11.7. The summed E-state index contributed by atoms with van der Waals surface area (Å²) < 4.78 is 6.06. The predicted molar refractivity (Wildman–Crippen MR) is 111 cm³/mol. The Morgan fingerprint density at radius 2 is 1.93 bits per heavy atom. The topological polar surface area (TPSA) is 101 Å². The highest BCUT2D eigenvalue weighted by Crippen LogP contribution is 2.30. The first-order valence-corrected chi connectivity index (χ1v) is 9.20. The van der Waals surface area contributed by atoms with Crippen LogP contribution >= 0.6 is 0 Å². The lowest BCUT2D eigenvalue weighted by molar-refractivity contribution is -0.228. The molecular formula is C22H24N5O2+. The van der Waals surface area contributed by atoms with E-state index in [0.717, 1.165) is 27.9 Å². The lowest BCUT2D eigenvalue weighted by Crippen LogP contribution is -2.35. The van der Waals surface area contributed by atoms with Crippen molar-refractivity contribution >= 4 is 11.7 Å². The molecule has 0 atom stereocenters. The number of para-hydroxylation sites is 1. The summed E-state index contributed by atoms with van der Waals surface area (Å²) in [4.78, 5) is 16.2. The second-order valence-corrected chi connectivity index (χ2v) is 6.79. The van der Waals surface area contributed by atoms with Gasteiger partial charge in [-0.15, -0.1) is 0 Å². The summed E-state index contributed by atoms with van der Waals surface area (Å²) in [5.74, 6) is 0.600. The van der Waals surface area contributed by atoms with Crippen molar-refractivity contribution in [1.29, 1.82) is 0 Å². The molecule has 0 saturated carbocycles. The maximum Gasteiger partial charge on any atom is 0.431 e. The van der Waals surface area contributed by atoms with Gasteiger partial charge in [-0.25, -0.2) is 4.79 Å². The van der Waals surface area contributed by atoms with Crippen LogP contribution in [0.15, 0.2) is 60.0 Å². The summed E-state index contributed by atoms with van der Waals surface area (Å²) in [6.07, 6.45) is 1.82. The number of carbonyl (C=O) groups excluding carboxylic acids is 1. The molecule has 1 heterocycles. The number of pyridine rings is 1. The molecule has 3 rings (SSSR count). The van der Waals surface area contributed by atoms with Gasteiger partial charge in [0.15, 0.2) is 0 Å². The van der Waals surface area contributed by atoms with Crippen molar-refractivity contribution in [1.82, 2.24) is 10.4 Å². The Balaban J connectivity index is 1.78. The summed E-state index contributed by atoms with van der Waals surface area (Å²) in [6, 6.07) is 15.2. The first-order valence-electron chi connectivity index (χ1n) is 9.20. The number of nitrogens with zero attached hydrogens (tertiary/aromatic N) is 2. The van der Waals surface area contributed by atoms with Gasteiger partial charge in [0.1, 0.15) is 12.4 Å². The number of nitrogens with two attached hydrogens (primary N) is 1. The summed E-state index contributed by atoms with van der Waals surface area (Å²) in [7, 11) is 0. The van der Waals surface area contributed by atoms with E-state index in [1.54, 1.807) is 6.07 Å². The van der Waals surface area contributed by atoms with E-state index >= 15 is 0 Å². The minimum Gasteiger partial charge on any atom is -0.486 e. The first-order chi connectivity index (χ1) is 14.0. The average molecular weight is 390 g/mol. The molecule has 0 fully saturated rings. The molecule has 0 aliphatic carbocycles. The predicted octanol–water partition coefficient (Wildman–Crippen LogP) is 3.50. The van der Waals surface area contributed by atoms with Gasteiger partial charge in [0.2, 0.25) is 0 Å². The number of anilines is 1. The number of hydrogen-bond donors (Lipinski definition) is 3. The lowest BCUT2D eigenvalue weighted by atomic mass is 10.0. The molecule has 0 radical (unpaired) electrons. The third-order valence-corrected chi connectivity index (χ3v) is 4.55. The summed E-state index contributed by atoms with van der Waals surface area (Å²) in [5.41, 5.74) is 13.9. The average Bonchev–Trinajstić information content (AvgIpc) is 2.68. The maximum atomic E-state index is 11.7. The van der Waals surface area contributed by atoms with Gasteiger partial charge in [0.05, 0.1) is 16.6 Å². The Kier molecular flexibility index (Phi) is 6.19. The third-order valence-electron chi connectivity index (χ3n) is 4.55. The number of ether oxygens (including phenoxy) is 1. The van der Waals surface area contributed by atoms with Crippen molar-refractivity contribution in [2.75, 3.05) is 5.32 Å². The molecule has 0 spiro atoms. The molecule has 0 unspecified atom stereocenters. The largest absolute Gasteiger partial charge is 0.486 e. The number of hydrogen-bond acceptors (Lipinski definition) is 4. The van der Waals surface area contributed by atoms with Crippen LogP contribution in [-0.4, -0.2) is 11.0 Å². The Bertz CT molecular complexity index is 1050. The van der Waals surface area contributed by atoms with Gasteiger partial charge in [0.25, 0.3) is 0 Å². The van der Waals surface area contributed by atoms with Gasteiger partial charge in [0, 0.05) is 11.8 Å². The zero-order chi connectivity index (χ0) is 20.8. The van der Waals surface area contributed by atoms with Crippen molar-refractivity contribution in [3.05, 3.63) is 77.0 Å². The highest BCUT2D eigenvalue weighted by molar-refractivity contribution is 5.90. The summed E-state index contributed by atoms with van der Waals surface area (Å²) in [5, 5.41) is 5.80. The lowest BCUT2D eigenvalue weighted by Gasteiger charge is -2.15. The zero-order valence-corrected chi connectivity index (χ0v) is 16.7. The fourth-order valence-electron chi connectivity index (χ4n) is 3.01. The quantitative estimate of drug-likeness (QED) is 0.443. The van der Waals surface area contributed by atoms with Gasteiger partial charge in [-0.3, -0.25) is 10.3 Å². The van der Waals surface area contributed by atoms with Crippen molar-refractivity contribution < 1.29 is 15.1 Å². The second kappa shape index (κ2) is 8.97. The van der Waals surface area contributed by atoms with Gasteiger partial charge >= 0.3 is 6.03 Å². The van der Waals surface area contributed by atoms with Crippen LogP contribution in [0.3, 0.4) is 0 Å². The Morgan fingerprint density at radius 3 is 2.66 bits per heavy atom. The highest BCUT2D eigenvalue weighted by Gasteiger charge is 2.13. The van der Waals surface area contributed by atoms with Gasteiger partial charge in [-0.05, 0) is 67.3 Å². The molecule has 2 amide bonds. The fraction of sp³-hybridized carbons (Fsp3) is 0.182. The Labute approximate surface area is 169 Å². The number of rotatable bonds is 6. The molecule has 4 N–H and O–H groups in total. The number of nitrogens with one attached hydrogen (secondary N) is 2. The molecule has 7 heteroatoms. The Hall–Kier alpha value is -3.74. The number of amides is 2. The van der Waals surface area contributed by atoms with E-state index in [-0.39, 0.29) is 0 Å². The van der Waals surface area contributed by atoms with Crippen LogP contribution in [0.1, 0.15) is 22.3 Å². The number of urea groups is 1. The molecule has 0 aliphatic heterocycles. The van der Waals surface area contributed by atoms with Crippen LogP contribution < -0.4 is 21.0 Å². The smallest absolute Gasteiger partial charge is 0.431 e. The molecule has 0 aliphatic rings. The van der Waals surface area contributed by atoms with Gasteiger partial charge < -0.3 is 4.74 Å². The molecule has 7 nitrogen and oxygen atoms in total. The molecule has 0 bridgehead atoms. The minimum absolute atomic E-state index is 0.371. The van der Waals surface area contributed by atoms with E-state index in [1.165, 1.54) is 5.56 Å². The van der Waals surface area contributed by atoms with Crippen LogP contribution in [0, 0.1) is 20.8 Å². The molecule has 29 heavy (non-hydrogen) atoms. The van der Waals surface area contributed by atoms with E-state index in [9.17, 15) is 4.79 Å². The molecule has 0 saturated heterocycles. The van der Waals surface area contributed by atoms with Gasteiger partial charge in [-0.1, -0.05) is 29.7 Å². The van der Waals surface area contributed by atoms with Crippen LogP contribution in [0.4, 0.5) is 10.5 Å². The molecule has 2 aromatic carbocycles. The van der Waals surface area contributed by atoms with Crippen LogP contribution in [-0.2, 0) is 6.61 Å². The van der Waals surface area contributed by atoms with Crippen molar-refractivity contribution in [3.8, 4) is 17.0 Å². The van der Waals surface area contributed by atoms with E-state index in [2.05, 4.69) is 40.0 Å². The number of aromatic nitrogens is 1. The second-order valence-electron chi connectivity index (χ2n) is 6.79. The number of carbonyl (C=O) groups is 1. The number of benzene rings is 2. The van der Waals surface area contributed by atoms with Crippen LogP contribution in [0.2, 0.25) is 0 Å². The van der Waals surface area contributed by atoms with Crippen molar-refractivity contribution in [3.63, 3.8) is 0 Å². The van der Waals surface area contributed by atoms with Crippen molar-refractivity contribution in [2.45, 2.75) is 27.4 Å².